The summed E-state index contributed by atoms with van der Waals surface area (Å²) in [5.74, 6) is 0. The number of benzene rings is 1. The maximum absolute atomic E-state index is 10.3. The number of hydrogen-bond donors (Lipinski definition) is 2. The summed E-state index contributed by atoms with van der Waals surface area (Å²) in [5.41, 5.74) is 2.91. The topological polar surface area (TPSA) is 75.4 Å². The van der Waals surface area contributed by atoms with Crippen LogP contribution in [0, 0.1) is 10.1 Å². The van der Waals surface area contributed by atoms with E-state index >= 15 is 0 Å². The van der Waals surface area contributed by atoms with Crippen LogP contribution in [-0.2, 0) is 0 Å². The summed E-state index contributed by atoms with van der Waals surface area (Å²) >= 11 is 0. The lowest BCUT2D eigenvalue weighted by molar-refractivity contribution is -0.384. The number of nitrogens with zero attached hydrogens (tertiary/aromatic N) is 1. The van der Waals surface area contributed by atoms with Crippen LogP contribution in [0.3, 0.4) is 0 Å². The van der Waals surface area contributed by atoms with Gasteiger partial charge in [0.15, 0.2) is 0 Å². The summed E-state index contributed by atoms with van der Waals surface area (Å²) in [4.78, 5) is 9.83. The minimum absolute atomic E-state index is 0.0499. The van der Waals surface area contributed by atoms with Crippen LogP contribution < -0.4 is 5.48 Å². The van der Waals surface area contributed by atoms with Crippen LogP contribution in [0.25, 0.3) is 0 Å². The Balaban J connectivity index is 2.87. The molecule has 2 N–H and O–H groups in total. The molecule has 1 unspecified atom stereocenters. The van der Waals surface area contributed by atoms with Crippen molar-refractivity contribution in [2.45, 2.75) is 13.0 Å². The van der Waals surface area contributed by atoms with E-state index in [1.807, 2.05) is 0 Å². The molecule has 0 fully saturated rings. The summed E-state index contributed by atoms with van der Waals surface area (Å²) in [7, 11) is 0. The Hall–Kier alpha value is -1.46. The molecule has 0 aliphatic rings. The zero-order chi connectivity index (χ0) is 9.84. The Morgan fingerprint density at radius 1 is 1.46 bits per heavy atom. The fourth-order valence-electron chi connectivity index (χ4n) is 0.959. The molecule has 5 heteroatoms. The van der Waals surface area contributed by atoms with E-state index in [1.54, 1.807) is 19.1 Å². The first-order valence-electron chi connectivity index (χ1n) is 3.79. The van der Waals surface area contributed by atoms with Gasteiger partial charge in [0.2, 0.25) is 0 Å². The highest BCUT2D eigenvalue weighted by molar-refractivity contribution is 5.33. The maximum atomic E-state index is 10.3. The van der Waals surface area contributed by atoms with Gasteiger partial charge in [0.25, 0.3) is 5.69 Å². The predicted molar refractivity (Wildman–Crippen MR) is 46.4 cm³/mol. The maximum Gasteiger partial charge on any atom is 0.269 e. The number of nitro benzene ring substituents is 1. The molecule has 0 aliphatic carbocycles. The Morgan fingerprint density at radius 2 is 2.00 bits per heavy atom. The van der Waals surface area contributed by atoms with Crippen LogP contribution in [0.4, 0.5) is 5.69 Å². The SMILES string of the molecule is CC(NO)c1ccc([N+](=O)[O-])cc1. The van der Waals surface area contributed by atoms with Crippen LogP contribution >= 0.6 is 0 Å². The van der Waals surface area contributed by atoms with E-state index in [0.29, 0.717) is 0 Å². The van der Waals surface area contributed by atoms with Crippen molar-refractivity contribution < 1.29 is 10.1 Å². The second-order valence-electron chi connectivity index (χ2n) is 2.70. The van der Waals surface area contributed by atoms with Gasteiger partial charge in [-0.3, -0.25) is 10.1 Å². The zero-order valence-corrected chi connectivity index (χ0v) is 7.10. The second-order valence-corrected chi connectivity index (χ2v) is 2.70. The molecular formula is C8H10N2O3. The molecule has 0 amide bonds. The summed E-state index contributed by atoms with van der Waals surface area (Å²) in [5, 5.41) is 18.9. The number of hydroxylamine groups is 1. The molecule has 1 atom stereocenters. The van der Waals surface area contributed by atoms with Crippen molar-refractivity contribution in [3.8, 4) is 0 Å². The molecule has 0 spiro atoms. The first-order chi connectivity index (χ1) is 6.15. The molecule has 1 rings (SSSR count). The molecular weight excluding hydrogens is 172 g/mol. The van der Waals surface area contributed by atoms with Crippen LogP contribution in [-0.4, -0.2) is 10.1 Å². The molecule has 0 saturated heterocycles. The predicted octanol–water partition coefficient (Wildman–Crippen LogP) is 1.63. The van der Waals surface area contributed by atoms with Crippen molar-refractivity contribution in [1.29, 1.82) is 0 Å². The number of hydrogen-bond acceptors (Lipinski definition) is 4. The van der Waals surface area contributed by atoms with Crippen molar-refractivity contribution in [2.75, 3.05) is 0 Å². The van der Waals surface area contributed by atoms with Gasteiger partial charge in [-0.05, 0) is 12.5 Å². The van der Waals surface area contributed by atoms with Gasteiger partial charge in [-0.15, -0.1) is 0 Å². The summed E-state index contributed by atoms with van der Waals surface area (Å²) in [6, 6.07) is 5.80. The van der Waals surface area contributed by atoms with E-state index in [4.69, 9.17) is 5.21 Å². The monoisotopic (exact) mass is 182 g/mol. The van der Waals surface area contributed by atoms with Gasteiger partial charge in [0, 0.05) is 12.1 Å². The molecule has 13 heavy (non-hydrogen) atoms. The number of nitro groups is 1. The average Bonchev–Trinajstić information content (AvgIpc) is 2.17. The number of nitrogens with one attached hydrogen (secondary N) is 1. The zero-order valence-electron chi connectivity index (χ0n) is 7.10. The number of non-ortho nitro benzene ring substituents is 1. The lowest BCUT2D eigenvalue weighted by atomic mass is 10.1. The lowest BCUT2D eigenvalue weighted by Crippen LogP contribution is -2.12. The molecule has 0 aromatic heterocycles. The molecule has 0 heterocycles. The third kappa shape index (κ3) is 2.24. The van der Waals surface area contributed by atoms with Crippen LogP contribution in [0.2, 0.25) is 0 Å². The van der Waals surface area contributed by atoms with Gasteiger partial charge < -0.3 is 5.21 Å². The van der Waals surface area contributed by atoms with Gasteiger partial charge in [-0.1, -0.05) is 12.1 Å². The van der Waals surface area contributed by atoms with E-state index in [1.165, 1.54) is 12.1 Å². The molecule has 0 aliphatic heterocycles. The van der Waals surface area contributed by atoms with E-state index in [0.717, 1.165) is 5.56 Å². The molecule has 0 radical (unpaired) electrons. The fourth-order valence-corrected chi connectivity index (χ4v) is 0.959. The molecule has 5 nitrogen and oxygen atoms in total. The summed E-state index contributed by atoms with van der Waals surface area (Å²) < 4.78 is 0. The van der Waals surface area contributed by atoms with E-state index in [2.05, 4.69) is 5.48 Å². The third-order valence-corrected chi connectivity index (χ3v) is 1.80. The van der Waals surface area contributed by atoms with Crippen molar-refractivity contribution in [1.82, 2.24) is 5.48 Å². The van der Waals surface area contributed by atoms with Crippen LogP contribution in [0.15, 0.2) is 24.3 Å². The van der Waals surface area contributed by atoms with Crippen molar-refractivity contribution >= 4 is 5.69 Å². The lowest BCUT2D eigenvalue weighted by Gasteiger charge is -2.07. The van der Waals surface area contributed by atoms with Gasteiger partial charge in [-0.2, -0.15) is 5.48 Å². The number of rotatable bonds is 3. The van der Waals surface area contributed by atoms with Crippen molar-refractivity contribution in [2.24, 2.45) is 0 Å². The molecule has 0 saturated carbocycles. The Kier molecular flexibility index (Phi) is 2.94. The van der Waals surface area contributed by atoms with E-state index in [-0.39, 0.29) is 11.7 Å². The normalized spacial score (nSPS) is 12.5. The van der Waals surface area contributed by atoms with E-state index < -0.39 is 4.92 Å². The summed E-state index contributed by atoms with van der Waals surface area (Å²) in [6.07, 6.45) is 0. The summed E-state index contributed by atoms with van der Waals surface area (Å²) in [6.45, 7) is 1.75. The molecule has 1 aromatic rings. The minimum Gasteiger partial charge on any atom is -0.316 e. The quantitative estimate of drug-likeness (QED) is 0.550. The highest BCUT2D eigenvalue weighted by atomic mass is 16.6. The standard InChI is InChI=1S/C8H10N2O3/c1-6(9-11)7-2-4-8(5-3-7)10(12)13/h2-6,9,11H,1H3. The molecule has 70 valence electrons. The fraction of sp³-hybridized carbons (Fsp3) is 0.250. The highest BCUT2D eigenvalue weighted by Crippen LogP contribution is 2.16. The van der Waals surface area contributed by atoms with Gasteiger partial charge in [-0.25, -0.2) is 0 Å². The molecule has 0 bridgehead atoms. The second kappa shape index (κ2) is 3.97. The first-order valence-corrected chi connectivity index (χ1v) is 3.79. The Labute approximate surface area is 75.1 Å². The Morgan fingerprint density at radius 3 is 2.38 bits per heavy atom. The largest absolute Gasteiger partial charge is 0.316 e. The Bertz CT molecular complexity index is 297. The van der Waals surface area contributed by atoms with Crippen LogP contribution in [0.5, 0.6) is 0 Å². The van der Waals surface area contributed by atoms with Crippen molar-refractivity contribution in [3.63, 3.8) is 0 Å². The smallest absolute Gasteiger partial charge is 0.269 e. The molecule has 1 aromatic carbocycles. The highest BCUT2D eigenvalue weighted by Gasteiger charge is 2.07. The van der Waals surface area contributed by atoms with Crippen molar-refractivity contribution in [3.05, 3.63) is 39.9 Å². The third-order valence-electron chi connectivity index (χ3n) is 1.80. The van der Waals surface area contributed by atoms with Gasteiger partial charge in [0.1, 0.15) is 0 Å². The van der Waals surface area contributed by atoms with Gasteiger partial charge >= 0.3 is 0 Å². The first kappa shape index (κ1) is 9.63. The van der Waals surface area contributed by atoms with Crippen LogP contribution in [0.1, 0.15) is 18.5 Å². The van der Waals surface area contributed by atoms with Gasteiger partial charge in [0.05, 0.1) is 11.0 Å². The average molecular weight is 182 g/mol. The minimum atomic E-state index is -0.458. The van der Waals surface area contributed by atoms with E-state index in [9.17, 15) is 10.1 Å².